The van der Waals surface area contributed by atoms with Gasteiger partial charge in [0.2, 0.25) is 5.91 Å². The fraction of sp³-hybridized carbons (Fsp3) is 0.125. The van der Waals surface area contributed by atoms with Crippen LogP contribution in [0.1, 0.15) is 0 Å². The number of benzene rings is 2. The molecule has 0 saturated carbocycles. The number of nitrogens with two attached hydrogens (primary N) is 1. The number of primary amides is 1. The lowest BCUT2D eigenvalue weighted by molar-refractivity contribution is -0.120. The number of hydrogen-bond donors (Lipinski definition) is 2. The van der Waals surface area contributed by atoms with Crippen molar-refractivity contribution in [1.29, 1.82) is 0 Å². The SMILES string of the molecule is NC(=O)COc1ccc(NC(=O)CSc2ccc(F)cc2)cc1. The first-order valence-corrected chi connectivity index (χ1v) is 7.71. The van der Waals surface area contributed by atoms with E-state index < -0.39 is 5.91 Å². The molecule has 0 unspecified atom stereocenters. The largest absolute Gasteiger partial charge is 0.484 e. The Labute approximate surface area is 137 Å². The van der Waals surface area contributed by atoms with Crippen LogP contribution in [-0.4, -0.2) is 24.2 Å². The molecule has 0 fully saturated rings. The zero-order chi connectivity index (χ0) is 16.7. The molecule has 2 amide bonds. The molecule has 23 heavy (non-hydrogen) atoms. The second-order valence-electron chi connectivity index (χ2n) is 4.57. The summed E-state index contributed by atoms with van der Waals surface area (Å²) in [6.07, 6.45) is 0. The summed E-state index contributed by atoms with van der Waals surface area (Å²) in [4.78, 5) is 23.3. The van der Waals surface area contributed by atoms with Crippen LogP contribution in [0.2, 0.25) is 0 Å². The summed E-state index contributed by atoms with van der Waals surface area (Å²) in [5.41, 5.74) is 5.59. The Morgan fingerprint density at radius 3 is 2.35 bits per heavy atom. The molecule has 3 N–H and O–H groups in total. The summed E-state index contributed by atoms with van der Waals surface area (Å²) >= 11 is 1.32. The lowest BCUT2D eigenvalue weighted by Gasteiger charge is -2.07. The number of anilines is 1. The molecule has 0 heterocycles. The number of carbonyl (C=O) groups excluding carboxylic acids is 2. The van der Waals surface area contributed by atoms with E-state index in [1.807, 2.05) is 0 Å². The van der Waals surface area contributed by atoms with Gasteiger partial charge >= 0.3 is 0 Å². The van der Waals surface area contributed by atoms with Crippen LogP contribution in [0.25, 0.3) is 0 Å². The molecule has 0 radical (unpaired) electrons. The fourth-order valence-electron chi connectivity index (χ4n) is 1.67. The van der Waals surface area contributed by atoms with Gasteiger partial charge in [-0.15, -0.1) is 11.8 Å². The lowest BCUT2D eigenvalue weighted by Crippen LogP contribution is -2.20. The number of ether oxygens (including phenoxy) is 1. The van der Waals surface area contributed by atoms with Crippen molar-refractivity contribution in [2.24, 2.45) is 5.73 Å². The van der Waals surface area contributed by atoms with Gasteiger partial charge in [0.25, 0.3) is 5.91 Å². The average molecular weight is 334 g/mol. The number of thioether (sulfide) groups is 1. The van der Waals surface area contributed by atoms with Crippen molar-refractivity contribution in [3.05, 3.63) is 54.3 Å². The molecule has 0 saturated heterocycles. The first-order chi connectivity index (χ1) is 11.0. The lowest BCUT2D eigenvalue weighted by atomic mass is 10.3. The van der Waals surface area contributed by atoms with E-state index in [4.69, 9.17) is 10.5 Å². The molecule has 7 heteroatoms. The minimum absolute atomic E-state index is 0.176. The van der Waals surface area contributed by atoms with Crippen molar-refractivity contribution < 1.29 is 18.7 Å². The minimum atomic E-state index is -0.555. The third-order valence-corrected chi connectivity index (χ3v) is 3.71. The molecule has 5 nitrogen and oxygen atoms in total. The van der Waals surface area contributed by atoms with Gasteiger partial charge < -0.3 is 15.8 Å². The van der Waals surface area contributed by atoms with E-state index in [2.05, 4.69) is 5.32 Å². The molecule has 0 spiro atoms. The van der Waals surface area contributed by atoms with Crippen LogP contribution in [0.4, 0.5) is 10.1 Å². The van der Waals surface area contributed by atoms with E-state index >= 15 is 0 Å². The number of hydrogen-bond acceptors (Lipinski definition) is 4. The van der Waals surface area contributed by atoms with Gasteiger partial charge in [-0.2, -0.15) is 0 Å². The Morgan fingerprint density at radius 1 is 1.09 bits per heavy atom. The fourth-order valence-corrected chi connectivity index (χ4v) is 2.36. The summed E-state index contributed by atoms with van der Waals surface area (Å²) in [6, 6.07) is 12.5. The van der Waals surface area contributed by atoms with Gasteiger partial charge in [0.1, 0.15) is 11.6 Å². The van der Waals surface area contributed by atoms with Crippen molar-refractivity contribution in [2.75, 3.05) is 17.7 Å². The number of halogens is 1. The molecule has 2 aromatic rings. The molecule has 0 aromatic heterocycles. The summed E-state index contributed by atoms with van der Waals surface area (Å²) < 4.78 is 17.9. The molecular weight excluding hydrogens is 319 g/mol. The van der Waals surface area contributed by atoms with Crippen LogP contribution >= 0.6 is 11.8 Å². The van der Waals surface area contributed by atoms with E-state index in [0.717, 1.165) is 4.90 Å². The Kier molecular flexibility index (Phi) is 5.99. The van der Waals surface area contributed by atoms with Gasteiger partial charge in [0.05, 0.1) is 5.75 Å². The van der Waals surface area contributed by atoms with Gasteiger partial charge in [-0.1, -0.05) is 0 Å². The summed E-state index contributed by atoms with van der Waals surface area (Å²) in [6.45, 7) is -0.194. The highest BCUT2D eigenvalue weighted by Crippen LogP contribution is 2.19. The van der Waals surface area contributed by atoms with Crippen LogP contribution in [0.5, 0.6) is 5.75 Å². The molecule has 2 aromatic carbocycles. The number of rotatable bonds is 7. The average Bonchev–Trinajstić information content (AvgIpc) is 2.53. The predicted molar refractivity (Wildman–Crippen MR) is 86.9 cm³/mol. The van der Waals surface area contributed by atoms with Gasteiger partial charge in [-0.3, -0.25) is 9.59 Å². The Balaban J connectivity index is 1.80. The maximum atomic E-state index is 12.8. The van der Waals surface area contributed by atoms with Crippen molar-refractivity contribution >= 4 is 29.3 Å². The number of amides is 2. The summed E-state index contributed by atoms with van der Waals surface area (Å²) in [5, 5.41) is 2.73. The molecule has 0 atom stereocenters. The van der Waals surface area contributed by atoms with Gasteiger partial charge in [-0.05, 0) is 48.5 Å². The van der Waals surface area contributed by atoms with Crippen LogP contribution < -0.4 is 15.8 Å². The van der Waals surface area contributed by atoms with Crippen molar-refractivity contribution in [1.82, 2.24) is 0 Å². The zero-order valence-corrected chi connectivity index (χ0v) is 12.9. The zero-order valence-electron chi connectivity index (χ0n) is 12.1. The highest BCUT2D eigenvalue weighted by Gasteiger charge is 2.05. The van der Waals surface area contributed by atoms with Crippen LogP contribution in [0.3, 0.4) is 0 Å². The third-order valence-electron chi connectivity index (χ3n) is 2.70. The van der Waals surface area contributed by atoms with E-state index in [-0.39, 0.29) is 24.1 Å². The van der Waals surface area contributed by atoms with E-state index in [1.54, 1.807) is 36.4 Å². The third kappa shape index (κ3) is 5.99. The molecule has 0 bridgehead atoms. The van der Waals surface area contributed by atoms with E-state index in [1.165, 1.54) is 23.9 Å². The Hall–Kier alpha value is -2.54. The van der Waals surface area contributed by atoms with Gasteiger partial charge in [0.15, 0.2) is 6.61 Å². The Bertz CT molecular complexity index is 675. The first-order valence-electron chi connectivity index (χ1n) is 6.72. The van der Waals surface area contributed by atoms with Crippen molar-refractivity contribution in [2.45, 2.75) is 4.90 Å². The number of nitrogens with one attached hydrogen (secondary N) is 1. The second-order valence-corrected chi connectivity index (χ2v) is 5.62. The maximum Gasteiger partial charge on any atom is 0.255 e. The molecule has 0 aliphatic carbocycles. The maximum absolute atomic E-state index is 12.8. The molecular formula is C16H15FN2O3S. The molecule has 120 valence electrons. The monoisotopic (exact) mass is 334 g/mol. The first kappa shape index (κ1) is 16.8. The van der Waals surface area contributed by atoms with Gasteiger partial charge in [0, 0.05) is 10.6 Å². The summed E-state index contributed by atoms with van der Waals surface area (Å²) in [7, 11) is 0. The Morgan fingerprint density at radius 2 is 1.74 bits per heavy atom. The smallest absolute Gasteiger partial charge is 0.255 e. The van der Waals surface area contributed by atoms with Crippen LogP contribution in [-0.2, 0) is 9.59 Å². The van der Waals surface area contributed by atoms with E-state index in [0.29, 0.717) is 11.4 Å². The molecule has 0 aliphatic rings. The minimum Gasteiger partial charge on any atom is -0.484 e. The normalized spacial score (nSPS) is 10.1. The standard InChI is InChI=1S/C16H15FN2O3S/c17-11-1-7-14(8-2-11)23-10-16(21)19-12-3-5-13(6-4-12)22-9-15(18)20/h1-8H,9-10H2,(H2,18,20)(H,19,21). The van der Waals surface area contributed by atoms with Gasteiger partial charge in [-0.25, -0.2) is 4.39 Å². The summed E-state index contributed by atoms with van der Waals surface area (Å²) in [5.74, 6) is -0.337. The van der Waals surface area contributed by atoms with Crippen molar-refractivity contribution in [3.8, 4) is 5.75 Å². The topological polar surface area (TPSA) is 81.4 Å². The second kappa shape index (κ2) is 8.19. The quantitative estimate of drug-likeness (QED) is 0.762. The van der Waals surface area contributed by atoms with Crippen molar-refractivity contribution in [3.63, 3.8) is 0 Å². The molecule has 0 aliphatic heterocycles. The van der Waals surface area contributed by atoms with Crippen LogP contribution in [0, 0.1) is 5.82 Å². The van der Waals surface area contributed by atoms with Crippen LogP contribution in [0.15, 0.2) is 53.4 Å². The van der Waals surface area contributed by atoms with E-state index in [9.17, 15) is 14.0 Å². The molecule has 2 rings (SSSR count). The number of carbonyl (C=O) groups is 2. The predicted octanol–water partition coefficient (Wildman–Crippen LogP) is 2.42. The highest BCUT2D eigenvalue weighted by atomic mass is 32.2. The highest BCUT2D eigenvalue weighted by molar-refractivity contribution is 8.00.